The molecular weight excluding hydrogens is 484 g/mol. The van der Waals surface area contributed by atoms with Gasteiger partial charge in [-0.15, -0.1) is 0 Å². The lowest BCUT2D eigenvalue weighted by atomic mass is 9.87. The van der Waals surface area contributed by atoms with Gasteiger partial charge in [0, 0.05) is 56.0 Å². The monoisotopic (exact) mass is 528 g/mol. The van der Waals surface area contributed by atoms with Crippen molar-refractivity contribution < 1.29 is 23.9 Å². The Morgan fingerprint density at radius 1 is 1.11 bits per heavy atom. The van der Waals surface area contributed by atoms with Crippen LogP contribution in [0, 0.1) is 5.92 Å². The van der Waals surface area contributed by atoms with Crippen LogP contribution in [-0.4, -0.2) is 91.0 Å². The molecule has 0 radical (unpaired) electrons. The molecule has 1 aromatic rings. The predicted molar refractivity (Wildman–Crippen MR) is 146 cm³/mol. The fraction of sp³-hybridized carbons (Fsp3) is 0.621. The van der Waals surface area contributed by atoms with Gasteiger partial charge in [0.05, 0.1) is 32.8 Å². The summed E-state index contributed by atoms with van der Waals surface area (Å²) in [4.78, 5) is 46.1. The number of rotatable bonds is 11. The smallest absolute Gasteiger partial charge is 0.252 e. The first-order valence-corrected chi connectivity index (χ1v) is 13.7. The summed E-state index contributed by atoms with van der Waals surface area (Å²) in [7, 11) is 1.61. The first-order valence-electron chi connectivity index (χ1n) is 13.7. The second-order valence-electron chi connectivity index (χ2n) is 10.6. The number of allylic oxidation sites excluding steroid dienone is 1. The molecule has 38 heavy (non-hydrogen) atoms. The van der Waals surface area contributed by atoms with E-state index in [1.54, 1.807) is 12.0 Å². The SMILES string of the molecule is COc1ccc(CN2C(=O)C(CC(=O)NCCN3CCOCC3)CC(C(=O)N(C(C)C)C(C)C)=C2C)cc1. The van der Waals surface area contributed by atoms with Crippen molar-refractivity contribution in [3.8, 4) is 5.75 Å². The zero-order valence-electron chi connectivity index (χ0n) is 23.8. The Hall–Kier alpha value is -2.91. The summed E-state index contributed by atoms with van der Waals surface area (Å²) in [6.45, 7) is 14.5. The van der Waals surface area contributed by atoms with Crippen molar-refractivity contribution in [2.24, 2.45) is 5.92 Å². The van der Waals surface area contributed by atoms with Gasteiger partial charge in [0.1, 0.15) is 5.75 Å². The Kier molecular flexibility index (Phi) is 10.7. The number of ether oxygens (including phenoxy) is 2. The third-order valence-electron chi connectivity index (χ3n) is 7.30. The molecule has 9 nitrogen and oxygen atoms in total. The van der Waals surface area contributed by atoms with Crippen LogP contribution in [0.2, 0.25) is 0 Å². The molecule has 1 atom stereocenters. The third kappa shape index (κ3) is 7.57. The molecule has 0 spiro atoms. The quantitative estimate of drug-likeness (QED) is 0.475. The summed E-state index contributed by atoms with van der Waals surface area (Å²) in [5, 5.41) is 2.97. The van der Waals surface area contributed by atoms with Gasteiger partial charge in [-0.05, 0) is 58.7 Å². The number of nitrogens with one attached hydrogen (secondary N) is 1. The third-order valence-corrected chi connectivity index (χ3v) is 7.30. The highest BCUT2D eigenvalue weighted by atomic mass is 16.5. The fourth-order valence-corrected chi connectivity index (χ4v) is 5.24. The fourth-order valence-electron chi connectivity index (χ4n) is 5.24. The van der Waals surface area contributed by atoms with Crippen molar-refractivity contribution in [2.45, 2.75) is 66.1 Å². The van der Waals surface area contributed by atoms with Gasteiger partial charge in [-0.1, -0.05) is 12.1 Å². The molecule has 1 aromatic carbocycles. The van der Waals surface area contributed by atoms with E-state index in [4.69, 9.17) is 9.47 Å². The van der Waals surface area contributed by atoms with E-state index in [0.717, 1.165) is 30.9 Å². The van der Waals surface area contributed by atoms with E-state index < -0.39 is 5.92 Å². The van der Waals surface area contributed by atoms with Crippen molar-refractivity contribution in [1.29, 1.82) is 0 Å². The number of benzene rings is 1. The molecule has 0 aromatic heterocycles. The zero-order chi connectivity index (χ0) is 27.8. The van der Waals surface area contributed by atoms with Crippen molar-refractivity contribution in [1.82, 2.24) is 20.0 Å². The maximum atomic E-state index is 13.8. The van der Waals surface area contributed by atoms with Gasteiger partial charge >= 0.3 is 0 Å². The second kappa shape index (κ2) is 13.8. The van der Waals surface area contributed by atoms with Crippen LogP contribution in [0.5, 0.6) is 5.75 Å². The lowest BCUT2D eigenvalue weighted by Gasteiger charge is -2.38. The number of nitrogens with zero attached hydrogens (tertiary/aromatic N) is 3. The highest BCUT2D eigenvalue weighted by Gasteiger charge is 2.38. The summed E-state index contributed by atoms with van der Waals surface area (Å²) in [6, 6.07) is 7.56. The molecule has 2 heterocycles. The average molecular weight is 529 g/mol. The van der Waals surface area contributed by atoms with Gasteiger partial charge in [0.2, 0.25) is 11.8 Å². The van der Waals surface area contributed by atoms with Gasteiger partial charge in [0.15, 0.2) is 0 Å². The number of amides is 3. The maximum Gasteiger partial charge on any atom is 0.252 e. The van der Waals surface area contributed by atoms with E-state index in [1.807, 2.05) is 63.8 Å². The van der Waals surface area contributed by atoms with E-state index >= 15 is 0 Å². The van der Waals surface area contributed by atoms with E-state index in [1.165, 1.54) is 0 Å². The molecule has 2 aliphatic heterocycles. The number of carbonyl (C=O) groups is 3. The summed E-state index contributed by atoms with van der Waals surface area (Å²) >= 11 is 0. The Morgan fingerprint density at radius 3 is 2.32 bits per heavy atom. The molecular formula is C29H44N4O5. The van der Waals surface area contributed by atoms with Crippen LogP contribution in [0.25, 0.3) is 0 Å². The zero-order valence-corrected chi connectivity index (χ0v) is 23.8. The van der Waals surface area contributed by atoms with Crippen molar-refractivity contribution in [3.63, 3.8) is 0 Å². The lowest BCUT2D eigenvalue weighted by Crippen LogP contribution is -2.47. The van der Waals surface area contributed by atoms with Gasteiger partial charge in [-0.2, -0.15) is 0 Å². The minimum atomic E-state index is -0.597. The summed E-state index contributed by atoms with van der Waals surface area (Å²) < 4.78 is 10.6. The van der Waals surface area contributed by atoms with Gasteiger partial charge < -0.3 is 24.6 Å². The van der Waals surface area contributed by atoms with Gasteiger partial charge in [-0.3, -0.25) is 19.3 Å². The molecule has 1 fully saturated rings. The Bertz CT molecular complexity index is 991. The normalized spacial score (nSPS) is 18.8. The molecule has 0 bridgehead atoms. The number of hydrogen-bond donors (Lipinski definition) is 1. The summed E-state index contributed by atoms with van der Waals surface area (Å²) in [5.74, 6) is -0.230. The van der Waals surface area contributed by atoms with E-state index in [-0.39, 0.29) is 42.6 Å². The molecule has 1 N–H and O–H groups in total. The molecule has 210 valence electrons. The Balaban J connectivity index is 1.78. The molecule has 2 aliphatic rings. The van der Waals surface area contributed by atoms with Crippen molar-refractivity contribution in [2.75, 3.05) is 46.5 Å². The number of morpholine rings is 1. The van der Waals surface area contributed by atoms with Crippen LogP contribution < -0.4 is 10.1 Å². The summed E-state index contributed by atoms with van der Waals surface area (Å²) in [5.41, 5.74) is 2.18. The second-order valence-corrected chi connectivity index (χ2v) is 10.6. The molecule has 3 rings (SSSR count). The first kappa shape index (κ1) is 29.6. The van der Waals surface area contributed by atoms with Crippen LogP contribution in [0.15, 0.2) is 35.5 Å². The van der Waals surface area contributed by atoms with Gasteiger partial charge in [-0.25, -0.2) is 0 Å². The van der Waals surface area contributed by atoms with Gasteiger partial charge in [0.25, 0.3) is 5.91 Å². The molecule has 1 unspecified atom stereocenters. The lowest BCUT2D eigenvalue weighted by molar-refractivity contribution is -0.139. The highest BCUT2D eigenvalue weighted by molar-refractivity contribution is 5.98. The number of carbonyl (C=O) groups excluding carboxylic acids is 3. The highest BCUT2D eigenvalue weighted by Crippen LogP contribution is 2.33. The van der Waals surface area contributed by atoms with Crippen molar-refractivity contribution >= 4 is 17.7 Å². The van der Waals surface area contributed by atoms with Crippen LogP contribution in [0.4, 0.5) is 0 Å². The molecule has 1 saturated heterocycles. The Morgan fingerprint density at radius 2 is 1.74 bits per heavy atom. The molecule has 9 heteroatoms. The van der Waals surface area contributed by atoms with Crippen LogP contribution >= 0.6 is 0 Å². The molecule has 0 aliphatic carbocycles. The minimum Gasteiger partial charge on any atom is -0.497 e. The summed E-state index contributed by atoms with van der Waals surface area (Å²) in [6.07, 6.45) is 0.309. The van der Waals surface area contributed by atoms with Crippen molar-refractivity contribution in [3.05, 3.63) is 41.1 Å². The topological polar surface area (TPSA) is 91.4 Å². The van der Waals surface area contributed by atoms with E-state index in [9.17, 15) is 14.4 Å². The average Bonchev–Trinajstić information content (AvgIpc) is 2.88. The maximum absolute atomic E-state index is 13.8. The minimum absolute atomic E-state index is 0.0115. The first-order chi connectivity index (χ1) is 18.1. The van der Waals surface area contributed by atoms with Crippen LogP contribution in [0.1, 0.15) is 53.0 Å². The van der Waals surface area contributed by atoms with Crippen LogP contribution in [-0.2, 0) is 25.7 Å². The molecule has 0 saturated carbocycles. The largest absolute Gasteiger partial charge is 0.497 e. The number of hydrogen-bond acceptors (Lipinski definition) is 6. The Labute approximate surface area is 227 Å². The van der Waals surface area contributed by atoms with E-state index in [0.29, 0.717) is 37.6 Å². The van der Waals surface area contributed by atoms with E-state index in [2.05, 4.69) is 10.2 Å². The molecule has 3 amide bonds. The number of methoxy groups -OCH3 is 1. The van der Waals surface area contributed by atoms with Crippen LogP contribution in [0.3, 0.4) is 0 Å². The standard InChI is InChI=1S/C29H44N4O5/c1-20(2)33(21(3)4)29(36)26-17-24(18-27(34)30-11-12-31-13-15-38-16-14-31)28(35)32(22(26)5)19-23-7-9-25(37-6)10-8-23/h7-10,20-21,24H,11-19H2,1-6H3,(H,30,34). The predicted octanol–water partition coefficient (Wildman–Crippen LogP) is 2.80.